The van der Waals surface area contributed by atoms with Crippen molar-refractivity contribution in [1.29, 1.82) is 0 Å². The van der Waals surface area contributed by atoms with Crippen LogP contribution in [0.15, 0.2) is 0 Å². The second-order valence-electron chi connectivity index (χ2n) is 3.59. The summed E-state index contributed by atoms with van der Waals surface area (Å²) in [6.07, 6.45) is -0.578. The number of carbonyl (C=O) groups is 1. The summed E-state index contributed by atoms with van der Waals surface area (Å²) in [4.78, 5) is 12.3. The number of nitrogens with zero attached hydrogens (tertiary/aromatic N) is 1. The third-order valence-corrected chi connectivity index (χ3v) is 2.22. The molecule has 14 heavy (non-hydrogen) atoms. The Labute approximate surface area is 124 Å². The van der Waals surface area contributed by atoms with Crippen LogP contribution in [0.3, 0.4) is 0 Å². The smallest absolute Gasteiger partial charge is 0.448 e. The van der Waals surface area contributed by atoms with Crippen molar-refractivity contribution < 1.29 is 69.1 Å². The number of hydrogen-bond acceptors (Lipinski definition) is 2. The summed E-state index contributed by atoms with van der Waals surface area (Å²) in [5, 5.41) is 0. The molecular formula is C7H12BF3KNO. The molecule has 0 bridgehead atoms. The first kappa shape index (κ1) is 15.1. The van der Waals surface area contributed by atoms with Crippen molar-refractivity contribution in [3.63, 3.8) is 0 Å². The van der Waals surface area contributed by atoms with E-state index in [2.05, 4.69) is 0 Å². The van der Waals surface area contributed by atoms with Gasteiger partial charge in [-0.25, -0.2) is 0 Å². The van der Waals surface area contributed by atoms with Crippen molar-refractivity contribution in [2.24, 2.45) is 5.92 Å². The topological polar surface area (TPSA) is 20.3 Å². The molecule has 0 aliphatic carbocycles. The van der Waals surface area contributed by atoms with E-state index in [-0.39, 0.29) is 82.6 Å². The van der Waals surface area contributed by atoms with Gasteiger partial charge in [-0.15, -0.1) is 0 Å². The summed E-state index contributed by atoms with van der Waals surface area (Å²) in [5.74, 6) is -0.169. The first-order chi connectivity index (χ1) is 5.88. The van der Waals surface area contributed by atoms with Crippen LogP contribution in [0.5, 0.6) is 0 Å². The van der Waals surface area contributed by atoms with Gasteiger partial charge in [0, 0.05) is 25.4 Å². The summed E-state index contributed by atoms with van der Waals surface area (Å²) in [7, 11) is 0. The zero-order chi connectivity index (χ0) is 10.1. The van der Waals surface area contributed by atoms with Gasteiger partial charge in [-0.05, 0) is 6.44 Å². The maximum atomic E-state index is 12.0. The molecule has 1 fully saturated rings. The van der Waals surface area contributed by atoms with Crippen LogP contribution in [-0.2, 0) is 4.79 Å². The van der Waals surface area contributed by atoms with Crippen LogP contribution >= 0.6 is 0 Å². The molecule has 0 N–H and O–H groups in total. The Bertz CT molecular complexity index is 212. The molecule has 0 radical (unpaired) electrons. The van der Waals surface area contributed by atoms with Crippen molar-refractivity contribution in [2.75, 3.05) is 19.5 Å². The monoisotopic (exact) mass is 233 g/mol. The van der Waals surface area contributed by atoms with Crippen molar-refractivity contribution in [3.05, 3.63) is 0 Å². The molecule has 1 saturated heterocycles. The summed E-state index contributed by atoms with van der Waals surface area (Å²) >= 11 is 0. The Morgan fingerprint density at radius 3 is 2.50 bits per heavy atom. The minimum absolute atomic E-state index is 0. The Hall–Kier alpha value is 1.12. The molecule has 0 amide bonds. The maximum Gasteiger partial charge on any atom is 1.00 e. The van der Waals surface area contributed by atoms with Gasteiger partial charge in [-0.1, -0.05) is 6.92 Å². The minimum atomic E-state index is -4.75. The fourth-order valence-electron chi connectivity index (χ4n) is 1.55. The van der Waals surface area contributed by atoms with Crippen molar-refractivity contribution in [2.45, 2.75) is 13.3 Å². The average molecular weight is 233 g/mol. The van der Waals surface area contributed by atoms with Crippen LogP contribution in [0.2, 0.25) is 0 Å². The molecule has 1 aliphatic rings. The van der Waals surface area contributed by atoms with E-state index in [0.29, 0.717) is 0 Å². The van der Waals surface area contributed by atoms with E-state index in [4.69, 9.17) is 0 Å². The van der Waals surface area contributed by atoms with Crippen molar-refractivity contribution >= 4 is 12.8 Å². The van der Waals surface area contributed by atoms with E-state index < -0.39 is 13.4 Å². The first-order valence-corrected chi connectivity index (χ1v) is 4.34. The van der Waals surface area contributed by atoms with Gasteiger partial charge in [0.05, 0.1) is 0 Å². The number of rotatable bonds is 2. The molecule has 1 rings (SSSR count). The fraction of sp³-hybridized carbons (Fsp3) is 0.857. The van der Waals surface area contributed by atoms with Crippen molar-refractivity contribution in [3.8, 4) is 0 Å². The van der Waals surface area contributed by atoms with Crippen molar-refractivity contribution in [1.82, 2.24) is 4.90 Å². The molecular weight excluding hydrogens is 221 g/mol. The van der Waals surface area contributed by atoms with Gasteiger partial charge in [-0.3, -0.25) is 4.79 Å². The number of carbonyl (C=O) groups excluding carboxylic acids is 1. The van der Waals surface area contributed by atoms with Gasteiger partial charge in [0.25, 0.3) is 0 Å². The quantitative estimate of drug-likeness (QED) is 0.529. The molecule has 7 heteroatoms. The molecule has 0 aromatic rings. The van der Waals surface area contributed by atoms with Crippen LogP contribution in [-0.4, -0.2) is 37.2 Å². The number of halogens is 3. The molecule has 0 saturated carbocycles. The molecule has 0 aromatic carbocycles. The fourth-order valence-corrected chi connectivity index (χ4v) is 1.55. The molecule has 1 aliphatic heterocycles. The number of likely N-dealkylation sites (tertiary alicyclic amines) is 1. The Balaban J connectivity index is 0.00000169. The van der Waals surface area contributed by atoms with E-state index in [0.717, 1.165) is 0 Å². The summed E-state index contributed by atoms with van der Waals surface area (Å²) in [5.41, 5.74) is 0. The molecule has 1 unspecified atom stereocenters. The van der Waals surface area contributed by atoms with Gasteiger partial charge in [0.1, 0.15) is 5.78 Å². The van der Waals surface area contributed by atoms with E-state index in [1.807, 2.05) is 0 Å². The molecule has 1 heterocycles. The average Bonchev–Trinajstić information content (AvgIpc) is 1.94. The van der Waals surface area contributed by atoms with E-state index in [1.165, 1.54) is 4.90 Å². The predicted octanol–water partition coefficient (Wildman–Crippen LogP) is -1.71. The van der Waals surface area contributed by atoms with Gasteiger partial charge >= 0.3 is 58.4 Å². The van der Waals surface area contributed by atoms with Gasteiger partial charge < -0.3 is 17.8 Å². The Morgan fingerprint density at radius 1 is 1.50 bits per heavy atom. The van der Waals surface area contributed by atoms with Crippen LogP contribution in [0.4, 0.5) is 12.9 Å². The normalized spacial score (nSPS) is 24.6. The molecule has 0 spiro atoms. The third-order valence-electron chi connectivity index (χ3n) is 2.22. The molecule has 2 nitrogen and oxygen atoms in total. The molecule has 0 aromatic heterocycles. The third kappa shape index (κ3) is 5.27. The van der Waals surface area contributed by atoms with Gasteiger partial charge in [-0.2, -0.15) is 0 Å². The first-order valence-electron chi connectivity index (χ1n) is 4.34. The Morgan fingerprint density at radius 2 is 2.07 bits per heavy atom. The zero-order valence-electron chi connectivity index (χ0n) is 8.47. The maximum absolute atomic E-state index is 12.0. The molecule has 76 valence electrons. The van der Waals surface area contributed by atoms with E-state index >= 15 is 0 Å². The summed E-state index contributed by atoms with van der Waals surface area (Å²) in [6, 6.07) is 0. The summed E-state index contributed by atoms with van der Waals surface area (Å²) < 4.78 is 36.0. The second kappa shape index (κ2) is 6.01. The van der Waals surface area contributed by atoms with E-state index in [1.54, 1.807) is 6.92 Å². The van der Waals surface area contributed by atoms with Crippen LogP contribution in [0, 0.1) is 5.92 Å². The SMILES string of the molecule is CC1CN(C[B-](F)(F)F)CCC1=O.[K+]. The minimum Gasteiger partial charge on any atom is -0.448 e. The summed E-state index contributed by atoms with van der Waals surface area (Å²) in [6.45, 7) is -2.57. The second-order valence-corrected chi connectivity index (χ2v) is 3.59. The Kier molecular flexibility index (Phi) is 6.49. The van der Waals surface area contributed by atoms with Crippen LogP contribution in [0.25, 0.3) is 0 Å². The number of piperidine rings is 1. The van der Waals surface area contributed by atoms with Gasteiger partial charge in [0.15, 0.2) is 0 Å². The molecule has 1 atom stereocenters. The largest absolute Gasteiger partial charge is 1.00 e. The number of hydrogen-bond donors (Lipinski definition) is 0. The van der Waals surface area contributed by atoms with Gasteiger partial charge in [0.2, 0.25) is 0 Å². The standard InChI is InChI=1S/C7H12BF3NO.K/c1-6-4-12(3-2-7(6)13)5-8(9,10)11;/h6H,2-5H2,1H3;/q-1;+1. The predicted molar refractivity (Wildman–Crippen MR) is 44.3 cm³/mol. The van der Waals surface area contributed by atoms with E-state index in [9.17, 15) is 17.7 Å². The van der Waals surface area contributed by atoms with Crippen LogP contribution < -0.4 is 51.4 Å². The number of ketones is 1. The number of Topliss-reactive ketones (excluding diaryl/α,β-unsaturated/α-hetero) is 1. The van der Waals surface area contributed by atoms with Crippen LogP contribution in [0.1, 0.15) is 13.3 Å². The zero-order valence-corrected chi connectivity index (χ0v) is 11.6.